The highest BCUT2D eigenvalue weighted by Crippen LogP contribution is 2.44. The quantitative estimate of drug-likeness (QED) is 0.331. The third-order valence-electron chi connectivity index (χ3n) is 4.89. The Morgan fingerprint density at radius 3 is 2.61 bits per heavy atom. The Morgan fingerprint density at radius 1 is 1.39 bits per heavy atom. The molecule has 0 saturated carbocycles. The molecule has 0 spiro atoms. The number of carbonyl (C=O) groups is 1. The van der Waals surface area contributed by atoms with E-state index in [4.69, 9.17) is 20.7 Å². The molecule has 1 aromatic carbocycles. The standard InChI is InChI=1S/C19H20F2N6O4/c1-9-6-10(2)14(11(3)7-9)16(28)31-15-12(8-24-26-23)30-17(19(15,20)21)27-5-4-13(22)25-18(27)29/h4-7,12,15,17H,8H2,1-3H3,(H2,22,25,29)/t12-,15-,17?/m1/s1. The SMILES string of the molecule is Cc1cc(C)c(C(=O)O[C@@H]2[C@@H](CN=[N+]=[N-])OC(n3ccc(N)nc3=O)C2(F)F)c(C)c1. The average Bonchev–Trinajstić information content (AvgIpc) is 2.89. The van der Waals surface area contributed by atoms with Gasteiger partial charge in [-0.3, -0.25) is 4.57 Å². The van der Waals surface area contributed by atoms with Crippen LogP contribution in [0.4, 0.5) is 14.6 Å². The van der Waals surface area contributed by atoms with Gasteiger partial charge in [-0.15, -0.1) is 0 Å². The van der Waals surface area contributed by atoms with Gasteiger partial charge in [0.2, 0.25) is 6.23 Å². The predicted molar refractivity (Wildman–Crippen MR) is 106 cm³/mol. The number of nitrogens with zero attached hydrogens (tertiary/aromatic N) is 5. The van der Waals surface area contributed by atoms with Crippen molar-refractivity contribution in [3.05, 3.63) is 67.6 Å². The third-order valence-corrected chi connectivity index (χ3v) is 4.89. The second kappa shape index (κ2) is 8.32. The largest absolute Gasteiger partial charge is 0.449 e. The van der Waals surface area contributed by atoms with Gasteiger partial charge in [0, 0.05) is 11.1 Å². The van der Waals surface area contributed by atoms with E-state index in [1.807, 2.05) is 6.92 Å². The molecule has 1 fully saturated rings. The van der Waals surface area contributed by atoms with Crippen molar-refractivity contribution in [1.82, 2.24) is 9.55 Å². The number of hydrogen-bond donors (Lipinski definition) is 1. The Kier molecular flexibility index (Phi) is 5.96. The first kappa shape index (κ1) is 22.2. The van der Waals surface area contributed by atoms with E-state index in [0.29, 0.717) is 15.7 Å². The van der Waals surface area contributed by atoms with Crippen molar-refractivity contribution in [2.75, 3.05) is 12.3 Å². The van der Waals surface area contributed by atoms with Gasteiger partial charge >= 0.3 is 17.6 Å². The van der Waals surface area contributed by atoms with Crippen LogP contribution in [0.15, 0.2) is 34.3 Å². The molecule has 12 heteroatoms. The fourth-order valence-corrected chi connectivity index (χ4v) is 3.66. The van der Waals surface area contributed by atoms with Gasteiger partial charge in [-0.2, -0.15) is 13.8 Å². The van der Waals surface area contributed by atoms with E-state index in [2.05, 4.69) is 15.0 Å². The van der Waals surface area contributed by atoms with Crippen LogP contribution in [0, 0.1) is 20.8 Å². The van der Waals surface area contributed by atoms with Crippen LogP contribution in [-0.4, -0.2) is 40.2 Å². The molecule has 0 aliphatic carbocycles. The molecule has 3 atom stereocenters. The molecule has 2 aromatic rings. The van der Waals surface area contributed by atoms with Gasteiger partial charge in [0.15, 0.2) is 6.10 Å². The topological polar surface area (TPSA) is 145 Å². The Morgan fingerprint density at radius 2 is 2.03 bits per heavy atom. The monoisotopic (exact) mass is 434 g/mol. The Balaban J connectivity index is 1.99. The van der Waals surface area contributed by atoms with E-state index >= 15 is 8.78 Å². The molecular weight excluding hydrogens is 414 g/mol. The van der Waals surface area contributed by atoms with Crippen LogP contribution in [0.2, 0.25) is 0 Å². The zero-order valence-electron chi connectivity index (χ0n) is 17.0. The van der Waals surface area contributed by atoms with E-state index in [-0.39, 0.29) is 11.4 Å². The van der Waals surface area contributed by atoms with E-state index in [9.17, 15) is 9.59 Å². The van der Waals surface area contributed by atoms with Gasteiger partial charge in [0.1, 0.15) is 11.9 Å². The minimum absolute atomic E-state index is 0.151. The number of halogens is 2. The lowest BCUT2D eigenvalue weighted by molar-refractivity contribution is -0.142. The summed E-state index contributed by atoms with van der Waals surface area (Å²) in [6.45, 7) is 4.63. The first-order chi connectivity index (χ1) is 14.6. The number of nitrogen functional groups attached to an aromatic ring is 1. The second-order valence-corrected chi connectivity index (χ2v) is 7.26. The molecule has 1 aliphatic rings. The maximum absolute atomic E-state index is 15.3. The zero-order chi connectivity index (χ0) is 22.9. The third kappa shape index (κ3) is 4.21. The number of azide groups is 1. The summed E-state index contributed by atoms with van der Waals surface area (Å²) in [5, 5.41) is 3.27. The summed E-state index contributed by atoms with van der Waals surface area (Å²) in [7, 11) is 0. The summed E-state index contributed by atoms with van der Waals surface area (Å²) in [6, 6.07) is 4.61. The highest BCUT2D eigenvalue weighted by molar-refractivity contribution is 5.93. The fourth-order valence-electron chi connectivity index (χ4n) is 3.66. The van der Waals surface area contributed by atoms with Crippen LogP contribution >= 0.6 is 0 Å². The summed E-state index contributed by atoms with van der Waals surface area (Å²) in [5.41, 5.74) is 15.1. The summed E-state index contributed by atoms with van der Waals surface area (Å²) >= 11 is 0. The smallest absolute Gasteiger partial charge is 0.351 e. The number of ether oxygens (including phenoxy) is 2. The molecule has 1 aliphatic heterocycles. The lowest BCUT2D eigenvalue weighted by Gasteiger charge is -2.24. The number of alkyl halides is 2. The van der Waals surface area contributed by atoms with Crippen molar-refractivity contribution >= 4 is 11.8 Å². The Labute approximate surface area is 175 Å². The second-order valence-electron chi connectivity index (χ2n) is 7.26. The van der Waals surface area contributed by atoms with Gasteiger partial charge in [-0.05, 0) is 43.5 Å². The van der Waals surface area contributed by atoms with Crippen LogP contribution in [0.3, 0.4) is 0 Å². The summed E-state index contributed by atoms with van der Waals surface area (Å²) in [4.78, 5) is 30.8. The molecular formula is C19H20F2N6O4. The number of esters is 1. The van der Waals surface area contributed by atoms with Crippen molar-refractivity contribution in [1.29, 1.82) is 0 Å². The lowest BCUT2D eigenvalue weighted by atomic mass is 10.00. The summed E-state index contributed by atoms with van der Waals surface area (Å²) in [6.07, 6.45) is -4.73. The molecule has 164 valence electrons. The maximum atomic E-state index is 15.3. The number of aryl methyl sites for hydroxylation is 3. The first-order valence-corrected chi connectivity index (χ1v) is 9.24. The van der Waals surface area contributed by atoms with Gasteiger partial charge in [0.25, 0.3) is 0 Å². The lowest BCUT2D eigenvalue weighted by Crippen LogP contribution is -2.44. The molecule has 0 radical (unpaired) electrons. The Bertz CT molecular complexity index is 1110. The number of anilines is 1. The summed E-state index contributed by atoms with van der Waals surface area (Å²) in [5.74, 6) is -4.96. The minimum atomic E-state index is -3.83. The Hall–Kier alpha value is -3.50. The number of aromatic nitrogens is 2. The normalized spacial score (nSPS) is 22.0. The number of hydrogen-bond acceptors (Lipinski definition) is 7. The fraction of sp³-hybridized carbons (Fsp3) is 0.421. The van der Waals surface area contributed by atoms with Crippen LogP contribution in [-0.2, 0) is 9.47 Å². The van der Waals surface area contributed by atoms with Crippen molar-refractivity contribution in [3.8, 4) is 0 Å². The maximum Gasteiger partial charge on any atom is 0.351 e. The average molecular weight is 434 g/mol. The molecule has 10 nitrogen and oxygen atoms in total. The number of rotatable bonds is 5. The van der Waals surface area contributed by atoms with Gasteiger partial charge in [0.05, 0.1) is 12.1 Å². The van der Waals surface area contributed by atoms with Crippen LogP contribution in [0.1, 0.15) is 33.3 Å². The van der Waals surface area contributed by atoms with Crippen molar-refractivity contribution in [3.63, 3.8) is 0 Å². The molecule has 1 aromatic heterocycles. The number of carbonyl (C=O) groups excluding carboxylic acids is 1. The van der Waals surface area contributed by atoms with Crippen molar-refractivity contribution < 1.29 is 23.0 Å². The first-order valence-electron chi connectivity index (χ1n) is 9.24. The van der Waals surface area contributed by atoms with Gasteiger partial charge in [-0.25, -0.2) is 9.59 Å². The summed E-state index contributed by atoms with van der Waals surface area (Å²) < 4.78 is 41.6. The van der Waals surface area contributed by atoms with Crippen LogP contribution < -0.4 is 11.4 Å². The highest BCUT2D eigenvalue weighted by atomic mass is 19.3. The molecule has 0 amide bonds. The highest BCUT2D eigenvalue weighted by Gasteiger charge is 2.62. The minimum Gasteiger partial charge on any atom is -0.449 e. The van der Waals surface area contributed by atoms with Crippen LogP contribution in [0.5, 0.6) is 0 Å². The molecule has 0 bridgehead atoms. The van der Waals surface area contributed by atoms with Crippen molar-refractivity contribution in [2.45, 2.75) is 45.1 Å². The van der Waals surface area contributed by atoms with E-state index in [1.165, 1.54) is 0 Å². The van der Waals surface area contributed by atoms with E-state index in [1.54, 1.807) is 26.0 Å². The molecule has 2 heterocycles. The van der Waals surface area contributed by atoms with Gasteiger partial charge < -0.3 is 15.2 Å². The van der Waals surface area contributed by atoms with E-state index in [0.717, 1.165) is 17.8 Å². The molecule has 1 unspecified atom stereocenters. The van der Waals surface area contributed by atoms with E-state index < -0.39 is 42.6 Å². The molecule has 2 N–H and O–H groups in total. The predicted octanol–water partition coefficient (Wildman–Crippen LogP) is 2.82. The molecule has 3 rings (SSSR count). The molecule has 1 saturated heterocycles. The zero-order valence-corrected chi connectivity index (χ0v) is 17.0. The van der Waals surface area contributed by atoms with Gasteiger partial charge in [-0.1, -0.05) is 22.8 Å². The molecule has 31 heavy (non-hydrogen) atoms. The van der Waals surface area contributed by atoms with Crippen LogP contribution in [0.25, 0.3) is 10.4 Å². The number of benzene rings is 1. The van der Waals surface area contributed by atoms with Crippen molar-refractivity contribution in [2.24, 2.45) is 5.11 Å². The number of nitrogens with two attached hydrogens (primary N) is 1.